The molecule has 0 N–H and O–H groups in total. The molecule has 98 valence electrons. The van der Waals surface area contributed by atoms with Gasteiger partial charge in [0.25, 0.3) is 0 Å². The fourth-order valence-corrected chi connectivity index (χ4v) is 2.22. The van der Waals surface area contributed by atoms with E-state index in [1.807, 2.05) is 23.1 Å². The SMILES string of the molecule is CCOC(=O)c1coc(N2CCc3ccccc32)n1. The third-order valence-corrected chi connectivity index (χ3v) is 3.09. The van der Waals surface area contributed by atoms with Crippen LogP contribution in [0.1, 0.15) is 23.0 Å². The molecule has 1 aliphatic rings. The number of oxazole rings is 1. The molecule has 19 heavy (non-hydrogen) atoms. The highest BCUT2D eigenvalue weighted by Gasteiger charge is 2.24. The molecule has 0 aliphatic carbocycles. The van der Waals surface area contributed by atoms with Crippen molar-refractivity contribution in [2.75, 3.05) is 18.1 Å². The van der Waals surface area contributed by atoms with Gasteiger partial charge in [-0.3, -0.25) is 4.90 Å². The molecule has 1 aromatic carbocycles. The summed E-state index contributed by atoms with van der Waals surface area (Å²) >= 11 is 0. The van der Waals surface area contributed by atoms with Crippen LogP contribution in [0.4, 0.5) is 11.7 Å². The van der Waals surface area contributed by atoms with Crippen LogP contribution in [0.2, 0.25) is 0 Å². The second-order valence-electron chi connectivity index (χ2n) is 4.27. The van der Waals surface area contributed by atoms with E-state index < -0.39 is 5.97 Å². The lowest BCUT2D eigenvalue weighted by atomic mass is 10.2. The number of hydrogen-bond donors (Lipinski definition) is 0. The molecule has 2 aromatic rings. The molecule has 0 unspecified atom stereocenters. The van der Waals surface area contributed by atoms with E-state index in [-0.39, 0.29) is 5.69 Å². The number of benzene rings is 1. The summed E-state index contributed by atoms with van der Waals surface area (Å²) in [5.74, 6) is -0.454. The zero-order valence-corrected chi connectivity index (χ0v) is 10.6. The van der Waals surface area contributed by atoms with Crippen LogP contribution in [0.3, 0.4) is 0 Å². The molecular formula is C14H14N2O3. The van der Waals surface area contributed by atoms with Gasteiger partial charge in [0.1, 0.15) is 6.26 Å². The first-order valence-corrected chi connectivity index (χ1v) is 6.27. The van der Waals surface area contributed by atoms with E-state index in [9.17, 15) is 4.79 Å². The maximum atomic E-state index is 11.6. The highest BCUT2D eigenvalue weighted by Crippen LogP contribution is 2.33. The Bertz CT molecular complexity index is 606. The van der Waals surface area contributed by atoms with E-state index in [1.165, 1.54) is 11.8 Å². The molecule has 0 bridgehead atoms. The molecule has 0 saturated heterocycles. The number of rotatable bonds is 3. The van der Waals surface area contributed by atoms with Gasteiger partial charge in [0.15, 0.2) is 5.69 Å². The van der Waals surface area contributed by atoms with Gasteiger partial charge in [-0.1, -0.05) is 18.2 Å². The average Bonchev–Trinajstić information content (AvgIpc) is 3.05. The largest absolute Gasteiger partial charge is 0.461 e. The standard InChI is InChI=1S/C14H14N2O3/c1-2-18-13(17)11-9-19-14(15-11)16-8-7-10-5-3-4-6-12(10)16/h3-6,9H,2,7-8H2,1H3. The van der Waals surface area contributed by atoms with Gasteiger partial charge in [-0.25, -0.2) is 4.79 Å². The number of nitrogens with zero attached hydrogens (tertiary/aromatic N) is 2. The maximum Gasteiger partial charge on any atom is 0.360 e. The van der Waals surface area contributed by atoms with Crippen molar-refractivity contribution in [3.05, 3.63) is 41.8 Å². The van der Waals surface area contributed by atoms with Crippen LogP contribution < -0.4 is 4.90 Å². The summed E-state index contributed by atoms with van der Waals surface area (Å²) in [5, 5.41) is 0. The van der Waals surface area contributed by atoms with Gasteiger partial charge >= 0.3 is 12.0 Å². The van der Waals surface area contributed by atoms with Gasteiger partial charge in [-0.15, -0.1) is 0 Å². The summed E-state index contributed by atoms with van der Waals surface area (Å²) in [4.78, 5) is 17.7. The third-order valence-electron chi connectivity index (χ3n) is 3.09. The number of fused-ring (bicyclic) bond motifs is 1. The smallest absolute Gasteiger partial charge is 0.360 e. The number of ether oxygens (including phenoxy) is 1. The van der Waals surface area contributed by atoms with Crippen LogP contribution >= 0.6 is 0 Å². The minimum absolute atomic E-state index is 0.209. The van der Waals surface area contributed by atoms with Gasteiger partial charge in [0.2, 0.25) is 0 Å². The van der Waals surface area contributed by atoms with E-state index in [1.54, 1.807) is 6.92 Å². The number of anilines is 2. The van der Waals surface area contributed by atoms with Crippen molar-refractivity contribution in [3.63, 3.8) is 0 Å². The quantitative estimate of drug-likeness (QED) is 0.792. The monoisotopic (exact) mass is 258 g/mol. The van der Waals surface area contributed by atoms with Crippen molar-refractivity contribution in [2.45, 2.75) is 13.3 Å². The molecule has 0 spiro atoms. The van der Waals surface area contributed by atoms with Gasteiger partial charge in [0, 0.05) is 12.2 Å². The van der Waals surface area contributed by atoms with Crippen LogP contribution in [0.25, 0.3) is 0 Å². The Kier molecular flexibility index (Phi) is 2.95. The Morgan fingerprint density at radius 2 is 2.32 bits per heavy atom. The van der Waals surface area contributed by atoms with E-state index >= 15 is 0 Å². The molecule has 5 nitrogen and oxygen atoms in total. The topological polar surface area (TPSA) is 55.6 Å². The maximum absolute atomic E-state index is 11.6. The fraction of sp³-hybridized carbons (Fsp3) is 0.286. The van der Waals surface area contributed by atoms with Crippen molar-refractivity contribution in [1.82, 2.24) is 4.98 Å². The highest BCUT2D eigenvalue weighted by atomic mass is 16.5. The Balaban J connectivity index is 1.87. The zero-order chi connectivity index (χ0) is 13.2. The summed E-state index contributed by atoms with van der Waals surface area (Å²) in [6.45, 7) is 2.89. The molecule has 1 aliphatic heterocycles. The second kappa shape index (κ2) is 4.76. The number of carbonyl (C=O) groups excluding carboxylic acids is 1. The molecule has 0 fully saturated rings. The lowest BCUT2D eigenvalue weighted by Crippen LogP contribution is -2.14. The van der Waals surface area contributed by atoms with Crippen molar-refractivity contribution < 1.29 is 13.9 Å². The summed E-state index contributed by atoms with van der Waals surface area (Å²) in [6, 6.07) is 8.54. The molecule has 0 amide bonds. The number of carbonyl (C=O) groups is 1. The molecule has 3 rings (SSSR count). The predicted molar refractivity (Wildman–Crippen MR) is 69.6 cm³/mol. The van der Waals surface area contributed by atoms with Crippen LogP contribution in [0.5, 0.6) is 0 Å². The summed E-state index contributed by atoms with van der Waals surface area (Å²) in [6.07, 6.45) is 2.29. The van der Waals surface area contributed by atoms with Gasteiger partial charge in [0.05, 0.1) is 6.61 Å². The third kappa shape index (κ3) is 2.07. The summed E-state index contributed by atoms with van der Waals surface area (Å²) in [5.41, 5.74) is 2.55. The lowest BCUT2D eigenvalue weighted by Gasteiger charge is -2.13. The molecule has 2 heterocycles. The van der Waals surface area contributed by atoms with Crippen LogP contribution in [-0.2, 0) is 11.2 Å². The molecule has 0 radical (unpaired) electrons. The minimum atomic E-state index is -0.454. The first-order valence-electron chi connectivity index (χ1n) is 6.27. The van der Waals surface area contributed by atoms with Gasteiger partial charge in [-0.05, 0) is 25.0 Å². The number of para-hydroxylation sites is 1. The van der Waals surface area contributed by atoms with E-state index in [0.717, 1.165) is 18.7 Å². The Morgan fingerprint density at radius 3 is 3.16 bits per heavy atom. The summed E-state index contributed by atoms with van der Waals surface area (Å²) < 4.78 is 10.3. The molecule has 0 atom stereocenters. The predicted octanol–water partition coefficient (Wildman–Crippen LogP) is 2.55. The molecule has 0 saturated carbocycles. The number of hydrogen-bond acceptors (Lipinski definition) is 5. The van der Waals surface area contributed by atoms with Crippen molar-refractivity contribution >= 4 is 17.7 Å². The molecular weight excluding hydrogens is 244 g/mol. The minimum Gasteiger partial charge on any atom is -0.461 e. The Morgan fingerprint density at radius 1 is 1.47 bits per heavy atom. The second-order valence-corrected chi connectivity index (χ2v) is 4.27. The first-order chi connectivity index (χ1) is 9.29. The normalized spacial score (nSPS) is 13.4. The van der Waals surface area contributed by atoms with Gasteiger partial charge in [-0.2, -0.15) is 4.98 Å². The van der Waals surface area contributed by atoms with Crippen LogP contribution in [0.15, 0.2) is 34.9 Å². The number of esters is 1. The van der Waals surface area contributed by atoms with E-state index in [2.05, 4.69) is 11.1 Å². The van der Waals surface area contributed by atoms with Crippen LogP contribution in [-0.4, -0.2) is 24.1 Å². The van der Waals surface area contributed by atoms with Gasteiger partial charge < -0.3 is 9.15 Å². The average molecular weight is 258 g/mol. The zero-order valence-electron chi connectivity index (χ0n) is 10.6. The van der Waals surface area contributed by atoms with E-state index in [0.29, 0.717) is 12.6 Å². The van der Waals surface area contributed by atoms with Crippen molar-refractivity contribution in [3.8, 4) is 0 Å². The van der Waals surface area contributed by atoms with E-state index in [4.69, 9.17) is 9.15 Å². The summed E-state index contributed by atoms with van der Waals surface area (Å²) in [7, 11) is 0. The molecule has 5 heteroatoms. The number of aromatic nitrogens is 1. The Hall–Kier alpha value is -2.30. The molecule has 1 aromatic heterocycles. The first kappa shape index (κ1) is 11.8. The van der Waals surface area contributed by atoms with Crippen molar-refractivity contribution in [1.29, 1.82) is 0 Å². The van der Waals surface area contributed by atoms with Crippen molar-refractivity contribution in [2.24, 2.45) is 0 Å². The van der Waals surface area contributed by atoms with Crippen LogP contribution in [0, 0.1) is 0 Å². The highest BCUT2D eigenvalue weighted by molar-refractivity contribution is 5.87. The Labute approximate surface area is 110 Å². The fourth-order valence-electron chi connectivity index (χ4n) is 2.22. The lowest BCUT2D eigenvalue weighted by molar-refractivity contribution is 0.0519.